The molecule has 0 aromatic heterocycles. The summed E-state index contributed by atoms with van der Waals surface area (Å²) in [6.07, 6.45) is 13.5. The zero-order chi connectivity index (χ0) is 32.1. The van der Waals surface area contributed by atoms with Crippen molar-refractivity contribution in [3.8, 4) is 0 Å². The summed E-state index contributed by atoms with van der Waals surface area (Å²) in [5, 5.41) is 0. The average Bonchev–Trinajstić information content (AvgIpc) is 3.00. The van der Waals surface area contributed by atoms with Gasteiger partial charge in [-0.25, -0.2) is 0 Å². The van der Waals surface area contributed by atoms with E-state index >= 15 is 0 Å². The molecule has 0 atom stereocenters. The second-order valence-corrected chi connectivity index (χ2v) is 16.2. The highest BCUT2D eigenvalue weighted by molar-refractivity contribution is 6.69. The van der Waals surface area contributed by atoms with Crippen molar-refractivity contribution < 1.29 is 47.1 Å². The molecule has 0 bridgehead atoms. The van der Waals surface area contributed by atoms with Crippen LogP contribution in [0.1, 0.15) is 71.1 Å². The Morgan fingerprint density at radius 3 is 0.773 bits per heavy atom. The average molecular weight is 655 g/mol. The largest absolute Gasteiger partial charge is 0.415 e. The fourth-order valence-electron chi connectivity index (χ4n) is 3.96. The molecule has 11 heteroatoms. The van der Waals surface area contributed by atoms with Gasteiger partial charge in [0.2, 0.25) is 0 Å². The SMILES string of the molecule is CCCCCCCCCCCCOCCOCCOCCOCCOCCOCCOCCOCCOCCO[Si](C)(C)C. The Labute approximate surface area is 271 Å². The second-order valence-electron chi connectivity index (χ2n) is 11.7. The minimum Gasteiger partial charge on any atom is -0.415 e. The lowest BCUT2D eigenvalue weighted by Gasteiger charge is -2.16. The van der Waals surface area contributed by atoms with Crippen LogP contribution < -0.4 is 0 Å². The van der Waals surface area contributed by atoms with E-state index in [9.17, 15) is 0 Å². The molecule has 0 radical (unpaired) electrons. The third kappa shape index (κ3) is 41.8. The quantitative estimate of drug-likeness (QED) is 0.0589. The third-order valence-corrected chi connectivity index (χ3v) is 7.45. The minimum absolute atomic E-state index is 0.534. The highest BCUT2D eigenvalue weighted by Crippen LogP contribution is 2.10. The van der Waals surface area contributed by atoms with Gasteiger partial charge < -0.3 is 47.1 Å². The molecule has 0 unspecified atom stereocenters. The Bertz CT molecular complexity index is 525. The lowest BCUT2D eigenvalue weighted by Crippen LogP contribution is -2.27. The van der Waals surface area contributed by atoms with Gasteiger partial charge in [0, 0.05) is 6.61 Å². The Morgan fingerprint density at radius 1 is 0.273 bits per heavy atom. The van der Waals surface area contributed by atoms with Gasteiger partial charge in [-0.2, -0.15) is 0 Å². The maximum Gasteiger partial charge on any atom is 0.183 e. The molecule has 0 aromatic rings. The van der Waals surface area contributed by atoms with Crippen molar-refractivity contribution in [3.05, 3.63) is 0 Å². The van der Waals surface area contributed by atoms with E-state index in [2.05, 4.69) is 26.6 Å². The van der Waals surface area contributed by atoms with Crippen molar-refractivity contribution in [2.75, 3.05) is 126 Å². The molecule has 0 aliphatic carbocycles. The monoisotopic (exact) mass is 654 g/mol. The first-order chi connectivity index (χ1) is 21.6. The van der Waals surface area contributed by atoms with Gasteiger partial charge in [-0.05, 0) is 26.1 Å². The molecule has 0 fully saturated rings. The molecular formula is C33H70O10Si. The summed E-state index contributed by atoms with van der Waals surface area (Å²) in [6, 6.07) is 0. The summed E-state index contributed by atoms with van der Waals surface area (Å²) >= 11 is 0. The van der Waals surface area contributed by atoms with Gasteiger partial charge >= 0.3 is 0 Å². The van der Waals surface area contributed by atoms with Crippen molar-refractivity contribution >= 4 is 8.32 Å². The number of hydrogen-bond acceptors (Lipinski definition) is 10. The predicted octanol–water partition coefficient (Wildman–Crippen LogP) is 5.91. The standard InChI is InChI=1S/C33H70O10Si/c1-5-6-7-8-9-10-11-12-13-14-15-34-16-17-35-18-19-36-20-21-37-22-23-38-24-25-39-26-27-40-28-29-41-30-31-42-32-33-43-44(2,3)4/h5-33H2,1-4H3. The lowest BCUT2D eigenvalue weighted by atomic mass is 10.1. The summed E-state index contributed by atoms with van der Waals surface area (Å²) in [6.45, 7) is 19.8. The van der Waals surface area contributed by atoms with Gasteiger partial charge in [0.1, 0.15) is 0 Å². The molecule has 0 heterocycles. The van der Waals surface area contributed by atoms with Crippen LogP contribution >= 0.6 is 0 Å². The van der Waals surface area contributed by atoms with E-state index in [0.717, 1.165) is 13.0 Å². The molecule has 0 rings (SSSR count). The maximum atomic E-state index is 5.72. The van der Waals surface area contributed by atoms with Crippen molar-refractivity contribution in [1.29, 1.82) is 0 Å². The van der Waals surface area contributed by atoms with Crippen LogP contribution in [0.4, 0.5) is 0 Å². The third-order valence-electron chi connectivity index (χ3n) is 6.38. The molecule has 0 spiro atoms. The number of rotatable bonds is 39. The van der Waals surface area contributed by atoms with Crippen LogP contribution in [0.5, 0.6) is 0 Å². The maximum absolute atomic E-state index is 5.72. The summed E-state index contributed by atoms with van der Waals surface area (Å²) in [5.74, 6) is 0. The molecule has 10 nitrogen and oxygen atoms in total. The molecule has 0 N–H and O–H groups in total. The van der Waals surface area contributed by atoms with E-state index < -0.39 is 8.32 Å². The molecule has 0 aliphatic heterocycles. The molecule has 0 saturated carbocycles. The van der Waals surface area contributed by atoms with Crippen molar-refractivity contribution in [3.63, 3.8) is 0 Å². The van der Waals surface area contributed by atoms with E-state index in [1.165, 1.54) is 57.8 Å². The Balaban J connectivity index is 3.05. The lowest BCUT2D eigenvalue weighted by molar-refractivity contribution is -0.0254. The molecule has 0 aliphatic rings. The van der Waals surface area contributed by atoms with Crippen LogP contribution in [0, 0.1) is 0 Å². The normalized spacial score (nSPS) is 12.0. The summed E-state index contributed by atoms with van der Waals surface area (Å²) in [7, 11) is -1.44. The first-order valence-corrected chi connectivity index (χ1v) is 20.8. The topological polar surface area (TPSA) is 92.3 Å². The van der Waals surface area contributed by atoms with Gasteiger partial charge in [-0.3, -0.25) is 0 Å². The zero-order valence-corrected chi connectivity index (χ0v) is 30.1. The van der Waals surface area contributed by atoms with Crippen molar-refractivity contribution in [1.82, 2.24) is 0 Å². The molecule has 44 heavy (non-hydrogen) atoms. The first-order valence-electron chi connectivity index (χ1n) is 17.4. The van der Waals surface area contributed by atoms with Crippen LogP contribution in [-0.4, -0.2) is 134 Å². The summed E-state index contributed by atoms with van der Waals surface area (Å²) < 4.78 is 55.4. The van der Waals surface area contributed by atoms with Crippen molar-refractivity contribution in [2.45, 2.75) is 90.8 Å². The molecule has 0 saturated heterocycles. The van der Waals surface area contributed by atoms with Gasteiger partial charge in [0.25, 0.3) is 0 Å². The zero-order valence-electron chi connectivity index (χ0n) is 29.1. The molecular weight excluding hydrogens is 584 g/mol. The smallest absolute Gasteiger partial charge is 0.183 e. The van der Waals surface area contributed by atoms with Crippen LogP contribution in [0.25, 0.3) is 0 Å². The van der Waals surface area contributed by atoms with Crippen LogP contribution in [-0.2, 0) is 47.1 Å². The predicted molar refractivity (Wildman–Crippen MR) is 179 cm³/mol. The second kappa shape index (κ2) is 37.3. The van der Waals surface area contributed by atoms with Crippen LogP contribution in [0.15, 0.2) is 0 Å². The molecule has 266 valence electrons. The highest BCUT2D eigenvalue weighted by atomic mass is 28.4. The van der Waals surface area contributed by atoms with E-state index in [0.29, 0.717) is 119 Å². The Morgan fingerprint density at radius 2 is 0.500 bits per heavy atom. The van der Waals surface area contributed by atoms with Gasteiger partial charge in [0.15, 0.2) is 8.32 Å². The number of unbranched alkanes of at least 4 members (excludes halogenated alkanes) is 9. The number of hydrogen-bond donors (Lipinski definition) is 0. The van der Waals surface area contributed by atoms with E-state index in [1.807, 2.05) is 0 Å². The van der Waals surface area contributed by atoms with Gasteiger partial charge in [0.05, 0.1) is 119 Å². The van der Waals surface area contributed by atoms with Crippen molar-refractivity contribution in [2.24, 2.45) is 0 Å². The summed E-state index contributed by atoms with van der Waals surface area (Å²) in [5.41, 5.74) is 0. The molecule has 0 aromatic carbocycles. The first kappa shape index (κ1) is 43.8. The Kier molecular flexibility index (Phi) is 37.1. The van der Waals surface area contributed by atoms with Crippen LogP contribution in [0.3, 0.4) is 0 Å². The highest BCUT2D eigenvalue weighted by Gasteiger charge is 2.13. The van der Waals surface area contributed by atoms with E-state index in [4.69, 9.17) is 47.1 Å². The van der Waals surface area contributed by atoms with E-state index in [1.54, 1.807) is 0 Å². The van der Waals surface area contributed by atoms with Crippen LogP contribution in [0.2, 0.25) is 19.6 Å². The minimum atomic E-state index is -1.44. The fraction of sp³-hybridized carbons (Fsp3) is 1.00. The van der Waals surface area contributed by atoms with E-state index in [-0.39, 0.29) is 0 Å². The van der Waals surface area contributed by atoms with Gasteiger partial charge in [-0.1, -0.05) is 64.7 Å². The Hall–Kier alpha value is -0.183. The molecule has 0 amide bonds. The summed E-state index contributed by atoms with van der Waals surface area (Å²) in [4.78, 5) is 0. The number of ether oxygens (including phenoxy) is 9. The van der Waals surface area contributed by atoms with Gasteiger partial charge in [-0.15, -0.1) is 0 Å². The fourth-order valence-corrected chi connectivity index (χ4v) is 4.66.